The Labute approximate surface area is 157 Å². The summed E-state index contributed by atoms with van der Waals surface area (Å²) in [5, 5.41) is 23.4. The Hall–Kier alpha value is -3.33. The molecule has 6 nitrogen and oxygen atoms in total. The van der Waals surface area contributed by atoms with Gasteiger partial charge in [-0.1, -0.05) is 31.0 Å². The molecular formula is C21H19N2O4-. The minimum atomic E-state index is -1.25. The number of carbonyl (C=O) groups is 2. The molecule has 0 bridgehead atoms. The van der Waals surface area contributed by atoms with Gasteiger partial charge < -0.3 is 19.6 Å². The van der Waals surface area contributed by atoms with Gasteiger partial charge in [0.2, 0.25) is 0 Å². The number of carboxylic acid groups (broad SMARTS) is 1. The fraction of sp³-hybridized carbons (Fsp3) is 0.286. The first-order valence-corrected chi connectivity index (χ1v) is 8.83. The molecule has 1 aromatic carbocycles. The molecule has 3 rings (SSSR count). The molecule has 0 aliphatic heterocycles. The summed E-state index contributed by atoms with van der Waals surface area (Å²) < 4.78 is 5.72. The minimum absolute atomic E-state index is 0.0250. The first-order valence-electron chi connectivity index (χ1n) is 8.83. The zero-order chi connectivity index (χ0) is 19.4. The van der Waals surface area contributed by atoms with Gasteiger partial charge in [-0.25, -0.2) is 0 Å². The number of amides is 1. The second-order valence-corrected chi connectivity index (χ2v) is 6.59. The Kier molecular flexibility index (Phi) is 5.41. The van der Waals surface area contributed by atoms with E-state index in [9.17, 15) is 20.0 Å². The largest absolute Gasteiger partial charge is 0.545 e. The fourth-order valence-corrected chi connectivity index (χ4v) is 3.32. The Bertz CT molecular complexity index is 943. The highest BCUT2D eigenvalue weighted by Gasteiger charge is 2.19. The van der Waals surface area contributed by atoms with E-state index in [-0.39, 0.29) is 17.2 Å². The maximum absolute atomic E-state index is 12.3. The van der Waals surface area contributed by atoms with E-state index in [1.165, 1.54) is 12.1 Å². The SMILES string of the molecule is Cc1c(C(=O)[O-])cccc1-c1ccc(/C=C(\C#N)C(=O)NC2CCCC2)o1. The zero-order valence-corrected chi connectivity index (χ0v) is 15.0. The van der Waals surface area contributed by atoms with Gasteiger partial charge >= 0.3 is 0 Å². The zero-order valence-electron chi connectivity index (χ0n) is 15.0. The van der Waals surface area contributed by atoms with E-state index in [4.69, 9.17) is 4.42 Å². The van der Waals surface area contributed by atoms with Crippen molar-refractivity contribution in [2.24, 2.45) is 0 Å². The average molecular weight is 363 g/mol. The maximum Gasteiger partial charge on any atom is 0.262 e. The molecule has 0 radical (unpaired) electrons. The normalized spacial score (nSPS) is 14.7. The van der Waals surface area contributed by atoms with Gasteiger partial charge in [0.05, 0.1) is 5.97 Å². The molecule has 1 N–H and O–H groups in total. The van der Waals surface area contributed by atoms with Gasteiger partial charge in [-0.2, -0.15) is 5.26 Å². The number of nitriles is 1. The van der Waals surface area contributed by atoms with Crippen LogP contribution in [0.3, 0.4) is 0 Å². The third kappa shape index (κ3) is 4.09. The van der Waals surface area contributed by atoms with Gasteiger partial charge in [0.1, 0.15) is 23.2 Å². The summed E-state index contributed by atoms with van der Waals surface area (Å²) in [5.74, 6) is -0.856. The molecule has 6 heteroatoms. The number of nitrogens with one attached hydrogen (secondary N) is 1. The van der Waals surface area contributed by atoms with Crippen molar-refractivity contribution in [3.05, 3.63) is 52.8 Å². The topological polar surface area (TPSA) is 106 Å². The maximum atomic E-state index is 12.3. The van der Waals surface area contributed by atoms with Gasteiger partial charge in [0.25, 0.3) is 5.91 Å². The van der Waals surface area contributed by atoms with Crippen molar-refractivity contribution in [2.45, 2.75) is 38.6 Å². The van der Waals surface area contributed by atoms with Crippen LogP contribution in [0.2, 0.25) is 0 Å². The molecule has 1 saturated carbocycles. The van der Waals surface area contributed by atoms with Gasteiger partial charge in [-0.3, -0.25) is 4.79 Å². The molecule has 0 unspecified atom stereocenters. The highest BCUT2D eigenvalue weighted by molar-refractivity contribution is 6.01. The summed E-state index contributed by atoms with van der Waals surface area (Å²) in [5.41, 5.74) is 1.21. The third-order valence-corrected chi connectivity index (χ3v) is 4.79. The van der Waals surface area contributed by atoms with Crippen molar-refractivity contribution < 1.29 is 19.1 Å². The smallest absolute Gasteiger partial charge is 0.262 e. The van der Waals surface area contributed by atoms with Crippen molar-refractivity contribution in [3.63, 3.8) is 0 Å². The van der Waals surface area contributed by atoms with Crippen LogP contribution < -0.4 is 10.4 Å². The predicted molar refractivity (Wildman–Crippen MR) is 97.2 cm³/mol. The number of carboxylic acids is 1. The fourth-order valence-electron chi connectivity index (χ4n) is 3.32. The van der Waals surface area contributed by atoms with Crippen molar-refractivity contribution >= 4 is 18.0 Å². The number of hydrogen-bond acceptors (Lipinski definition) is 5. The van der Waals surface area contributed by atoms with Crippen LogP contribution in [0.5, 0.6) is 0 Å². The van der Waals surface area contributed by atoms with Crippen LogP contribution in [0.25, 0.3) is 17.4 Å². The van der Waals surface area contributed by atoms with Gasteiger partial charge in [-0.15, -0.1) is 0 Å². The molecule has 1 aromatic heterocycles. The number of aromatic carboxylic acids is 1. The molecule has 1 aliphatic carbocycles. The van der Waals surface area contributed by atoms with Crippen LogP contribution in [0.4, 0.5) is 0 Å². The van der Waals surface area contributed by atoms with Gasteiger partial charge in [0.15, 0.2) is 0 Å². The van der Waals surface area contributed by atoms with E-state index in [2.05, 4.69) is 5.32 Å². The first kappa shape index (κ1) is 18.5. The highest BCUT2D eigenvalue weighted by atomic mass is 16.4. The van der Waals surface area contributed by atoms with E-state index in [0.717, 1.165) is 25.7 Å². The summed E-state index contributed by atoms with van der Waals surface area (Å²) in [6, 6.07) is 10.2. The number of benzene rings is 1. The Morgan fingerprint density at radius 1 is 1.26 bits per heavy atom. The average Bonchev–Trinajstić information content (AvgIpc) is 3.31. The number of hydrogen-bond donors (Lipinski definition) is 1. The van der Waals surface area contributed by atoms with E-state index >= 15 is 0 Å². The lowest BCUT2D eigenvalue weighted by atomic mass is 10.0. The molecule has 0 atom stereocenters. The monoisotopic (exact) mass is 363 g/mol. The summed E-state index contributed by atoms with van der Waals surface area (Å²) in [6.45, 7) is 1.67. The lowest BCUT2D eigenvalue weighted by Gasteiger charge is -2.11. The van der Waals surface area contributed by atoms with Crippen LogP contribution in [-0.4, -0.2) is 17.9 Å². The number of nitrogens with zero attached hydrogens (tertiary/aromatic N) is 1. The van der Waals surface area contributed by atoms with Gasteiger partial charge in [0, 0.05) is 23.2 Å². The van der Waals surface area contributed by atoms with Gasteiger partial charge in [-0.05, 0) is 37.5 Å². The van der Waals surface area contributed by atoms with Crippen molar-refractivity contribution in [3.8, 4) is 17.4 Å². The molecule has 27 heavy (non-hydrogen) atoms. The van der Waals surface area contributed by atoms with E-state index in [1.807, 2.05) is 6.07 Å². The predicted octanol–water partition coefficient (Wildman–Crippen LogP) is 2.58. The molecule has 1 amide bonds. The number of rotatable bonds is 5. The standard InChI is InChI=1S/C21H20N2O4/c1-13-17(7-4-8-18(13)21(25)26)19-10-9-16(27-19)11-14(12-22)20(24)23-15-5-2-3-6-15/h4,7-11,15H,2-3,5-6H2,1H3,(H,23,24)(H,25,26)/p-1/b14-11+. The minimum Gasteiger partial charge on any atom is -0.545 e. The lowest BCUT2D eigenvalue weighted by molar-refractivity contribution is -0.255. The second kappa shape index (κ2) is 7.92. The van der Waals surface area contributed by atoms with Crippen LogP contribution in [-0.2, 0) is 4.79 Å². The van der Waals surface area contributed by atoms with Crippen LogP contribution >= 0.6 is 0 Å². The molecule has 2 aromatic rings. The molecule has 1 aliphatic rings. The lowest BCUT2D eigenvalue weighted by Crippen LogP contribution is -2.33. The Morgan fingerprint density at radius 3 is 2.67 bits per heavy atom. The molecule has 0 spiro atoms. The second-order valence-electron chi connectivity index (χ2n) is 6.59. The van der Waals surface area contributed by atoms with E-state index in [0.29, 0.717) is 22.6 Å². The summed E-state index contributed by atoms with van der Waals surface area (Å²) in [7, 11) is 0. The van der Waals surface area contributed by atoms with Crippen molar-refractivity contribution in [1.29, 1.82) is 5.26 Å². The molecule has 1 fully saturated rings. The van der Waals surface area contributed by atoms with Crippen molar-refractivity contribution in [1.82, 2.24) is 5.32 Å². The summed E-state index contributed by atoms with van der Waals surface area (Å²) >= 11 is 0. The van der Waals surface area contributed by atoms with Crippen molar-refractivity contribution in [2.75, 3.05) is 0 Å². The molecule has 138 valence electrons. The van der Waals surface area contributed by atoms with Crippen LogP contribution in [0.15, 0.2) is 40.3 Å². The quantitative estimate of drug-likeness (QED) is 0.649. The molecule has 1 heterocycles. The Morgan fingerprint density at radius 2 is 2.00 bits per heavy atom. The molecular weight excluding hydrogens is 344 g/mol. The Balaban J connectivity index is 1.83. The molecule has 0 saturated heterocycles. The number of carbonyl (C=O) groups excluding carboxylic acids is 2. The van der Waals surface area contributed by atoms with Crippen LogP contribution in [0.1, 0.15) is 47.4 Å². The number of furan rings is 1. The summed E-state index contributed by atoms with van der Waals surface area (Å²) in [4.78, 5) is 23.4. The first-order chi connectivity index (χ1) is 13.0. The third-order valence-electron chi connectivity index (χ3n) is 4.79. The van der Waals surface area contributed by atoms with Crippen LogP contribution in [0, 0.1) is 18.3 Å². The highest BCUT2D eigenvalue weighted by Crippen LogP contribution is 2.28. The van der Waals surface area contributed by atoms with E-state index < -0.39 is 11.9 Å². The van der Waals surface area contributed by atoms with E-state index in [1.54, 1.807) is 31.2 Å². The summed E-state index contributed by atoms with van der Waals surface area (Å²) in [6.07, 6.45) is 5.43.